The first-order chi connectivity index (χ1) is 13.6. The van der Waals surface area contributed by atoms with E-state index in [4.69, 9.17) is 4.74 Å². The number of halogens is 1. The average Bonchev–Trinajstić information content (AvgIpc) is 3.20. The molecule has 0 saturated carbocycles. The average molecular weight is 382 g/mol. The summed E-state index contributed by atoms with van der Waals surface area (Å²) in [5.74, 6) is 0.385. The van der Waals surface area contributed by atoms with E-state index in [9.17, 15) is 9.18 Å². The fourth-order valence-electron chi connectivity index (χ4n) is 2.67. The predicted molar refractivity (Wildman–Crippen MR) is 103 cm³/mol. The van der Waals surface area contributed by atoms with Gasteiger partial charge in [-0.2, -0.15) is 0 Å². The van der Waals surface area contributed by atoms with Crippen LogP contribution in [0.2, 0.25) is 0 Å². The van der Waals surface area contributed by atoms with E-state index in [-0.39, 0.29) is 18.3 Å². The lowest BCUT2D eigenvalue weighted by molar-refractivity contribution is -0.124. The van der Waals surface area contributed by atoms with Gasteiger partial charge in [-0.15, -0.1) is 5.10 Å². The highest BCUT2D eigenvalue weighted by Crippen LogP contribution is 2.11. The van der Waals surface area contributed by atoms with Crippen molar-refractivity contribution in [2.75, 3.05) is 6.54 Å². The molecule has 1 atom stereocenters. The van der Waals surface area contributed by atoms with Crippen molar-refractivity contribution in [1.82, 2.24) is 20.3 Å². The summed E-state index contributed by atoms with van der Waals surface area (Å²) in [5, 5.41) is 11.0. The molecule has 0 radical (unpaired) electrons. The summed E-state index contributed by atoms with van der Waals surface area (Å²) < 4.78 is 20.1. The second-order valence-electron chi connectivity index (χ2n) is 6.49. The van der Waals surface area contributed by atoms with Crippen LogP contribution in [0.4, 0.5) is 4.39 Å². The summed E-state index contributed by atoms with van der Waals surface area (Å²) in [6.45, 7) is 2.60. The third-order valence-corrected chi connectivity index (χ3v) is 4.32. The number of nitrogens with zero attached hydrogens (tertiary/aromatic N) is 3. The number of ether oxygens (including phenoxy) is 1. The van der Waals surface area contributed by atoms with E-state index >= 15 is 0 Å². The Morgan fingerprint density at radius 2 is 1.93 bits per heavy atom. The molecule has 0 aliphatic carbocycles. The van der Waals surface area contributed by atoms with Gasteiger partial charge in [-0.25, -0.2) is 9.07 Å². The van der Waals surface area contributed by atoms with Crippen LogP contribution in [-0.4, -0.2) is 27.4 Å². The first-order valence-corrected chi connectivity index (χ1v) is 9.22. The Morgan fingerprint density at radius 1 is 1.18 bits per heavy atom. The summed E-state index contributed by atoms with van der Waals surface area (Å²) in [7, 11) is 0. The van der Waals surface area contributed by atoms with E-state index in [1.807, 2.05) is 30.3 Å². The maximum Gasteiger partial charge on any atom is 0.244 e. The maximum absolute atomic E-state index is 12.9. The molecule has 28 heavy (non-hydrogen) atoms. The molecule has 3 aromatic rings. The fraction of sp³-hybridized carbons (Fsp3) is 0.286. The number of amides is 1. The summed E-state index contributed by atoms with van der Waals surface area (Å²) in [6.07, 6.45) is 3.27. The van der Waals surface area contributed by atoms with Gasteiger partial charge in [-0.1, -0.05) is 35.5 Å². The Kier molecular flexibility index (Phi) is 6.73. The highest BCUT2D eigenvalue weighted by Gasteiger charge is 2.16. The van der Waals surface area contributed by atoms with Crippen molar-refractivity contribution < 1.29 is 13.9 Å². The molecule has 0 saturated heterocycles. The Bertz CT molecular complexity index is 881. The van der Waals surface area contributed by atoms with Gasteiger partial charge < -0.3 is 10.1 Å². The minimum Gasteiger partial charge on any atom is -0.487 e. The van der Waals surface area contributed by atoms with Gasteiger partial charge in [0, 0.05) is 6.54 Å². The smallest absolute Gasteiger partial charge is 0.244 e. The molecule has 0 bridgehead atoms. The highest BCUT2D eigenvalue weighted by atomic mass is 19.1. The second-order valence-corrected chi connectivity index (χ2v) is 6.49. The van der Waals surface area contributed by atoms with Gasteiger partial charge in [0.05, 0.1) is 6.20 Å². The molecule has 7 heteroatoms. The Balaban J connectivity index is 1.41. The van der Waals surface area contributed by atoms with E-state index in [2.05, 4.69) is 15.6 Å². The van der Waals surface area contributed by atoms with E-state index in [0.29, 0.717) is 12.2 Å². The van der Waals surface area contributed by atoms with Gasteiger partial charge >= 0.3 is 0 Å². The minimum atomic E-state index is -0.469. The van der Waals surface area contributed by atoms with E-state index < -0.39 is 6.04 Å². The Hall–Kier alpha value is -3.22. The molecule has 0 fully saturated rings. The van der Waals surface area contributed by atoms with E-state index in [1.165, 1.54) is 16.8 Å². The molecule has 0 aliphatic rings. The zero-order valence-corrected chi connectivity index (χ0v) is 15.7. The van der Waals surface area contributed by atoms with Gasteiger partial charge in [0.15, 0.2) is 0 Å². The summed E-state index contributed by atoms with van der Waals surface area (Å²) >= 11 is 0. The van der Waals surface area contributed by atoms with Crippen LogP contribution >= 0.6 is 0 Å². The molecule has 1 amide bonds. The summed E-state index contributed by atoms with van der Waals surface area (Å²) in [5.41, 5.74) is 1.70. The fourth-order valence-corrected chi connectivity index (χ4v) is 2.67. The molecule has 1 heterocycles. The monoisotopic (exact) mass is 382 g/mol. The Morgan fingerprint density at radius 3 is 2.68 bits per heavy atom. The number of rotatable bonds is 9. The zero-order valence-electron chi connectivity index (χ0n) is 15.7. The van der Waals surface area contributed by atoms with Gasteiger partial charge in [0.25, 0.3) is 0 Å². The van der Waals surface area contributed by atoms with Gasteiger partial charge in [0.1, 0.15) is 29.9 Å². The number of benzene rings is 2. The van der Waals surface area contributed by atoms with Crippen molar-refractivity contribution in [3.63, 3.8) is 0 Å². The van der Waals surface area contributed by atoms with Gasteiger partial charge in [-0.3, -0.25) is 4.79 Å². The van der Waals surface area contributed by atoms with Crippen molar-refractivity contribution in [3.05, 3.63) is 77.9 Å². The van der Waals surface area contributed by atoms with E-state index in [1.54, 1.807) is 25.3 Å². The lowest BCUT2D eigenvalue weighted by Crippen LogP contribution is -2.32. The number of carbonyl (C=O) groups excluding carboxylic acids is 1. The lowest BCUT2D eigenvalue weighted by atomic mass is 10.1. The normalized spacial score (nSPS) is 11.8. The summed E-state index contributed by atoms with van der Waals surface area (Å²) in [6, 6.07) is 15.4. The number of aromatic nitrogens is 3. The van der Waals surface area contributed by atoms with Gasteiger partial charge in [0.2, 0.25) is 5.91 Å². The van der Waals surface area contributed by atoms with Crippen LogP contribution in [0.5, 0.6) is 5.75 Å². The van der Waals surface area contributed by atoms with Crippen LogP contribution in [0.15, 0.2) is 60.8 Å². The van der Waals surface area contributed by atoms with Crippen molar-refractivity contribution in [2.45, 2.75) is 32.4 Å². The standard InChI is InChI=1S/C21H23FN4O2/c1-16(21(27)23-13-5-6-17-9-11-18(22)12-10-17)26-14-19(24-25-26)15-28-20-7-3-2-4-8-20/h2-4,7-12,14,16H,5-6,13,15H2,1H3,(H,23,27)/t16-/m1/s1. The summed E-state index contributed by atoms with van der Waals surface area (Å²) in [4.78, 5) is 12.3. The lowest BCUT2D eigenvalue weighted by Gasteiger charge is -2.12. The largest absolute Gasteiger partial charge is 0.487 e. The topological polar surface area (TPSA) is 69.0 Å². The van der Waals surface area contributed by atoms with Crippen LogP contribution in [0.1, 0.15) is 30.6 Å². The van der Waals surface area contributed by atoms with Gasteiger partial charge in [-0.05, 0) is 49.6 Å². The molecule has 0 spiro atoms. The SMILES string of the molecule is C[C@H](C(=O)NCCCc1ccc(F)cc1)n1cc(COc2ccccc2)nn1. The number of hydrogen-bond acceptors (Lipinski definition) is 4. The van der Waals surface area contributed by atoms with Crippen LogP contribution in [0.3, 0.4) is 0 Å². The number of nitrogens with one attached hydrogen (secondary N) is 1. The molecular formula is C21H23FN4O2. The van der Waals surface area contributed by atoms with Crippen molar-refractivity contribution in [3.8, 4) is 5.75 Å². The molecule has 146 valence electrons. The third-order valence-electron chi connectivity index (χ3n) is 4.32. The molecule has 1 aromatic heterocycles. The minimum absolute atomic E-state index is 0.125. The second kappa shape index (κ2) is 9.64. The third kappa shape index (κ3) is 5.64. The van der Waals surface area contributed by atoms with Crippen LogP contribution in [-0.2, 0) is 17.8 Å². The van der Waals surface area contributed by atoms with Crippen LogP contribution in [0, 0.1) is 5.82 Å². The first kappa shape index (κ1) is 19.5. The predicted octanol–water partition coefficient (Wildman–Crippen LogP) is 3.31. The molecular weight excluding hydrogens is 359 g/mol. The van der Waals surface area contributed by atoms with Crippen LogP contribution < -0.4 is 10.1 Å². The molecule has 1 N–H and O–H groups in total. The van der Waals surface area contributed by atoms with Crippen molar-refractivity contribution in [1.29, 1.82) is 0 Å². The molecule has 0 unspecified atom stereocenters. The van der Waals surface area contributed by atoms with Crippen molar-refractivity contribution in [2.24, 2.45) is 0 Å². The number of hydrogen-bond donors (Lipinski definition) is 1. The Labute approximate surface area is 163 Å². The molecule has 0 aliphatic heterocycles. The quantitative estimate of drug-likeness (QED) is 0.577. The maximum atomic E-state index is 12.9. The number of para-hydroxylation sites is 1. The van der Waals surface area contributed by atoms with Crippen LogP contribution in [0.25, 0.3) is 0 Å². The highest BCUT2D eigenvalue weighted by molar-refractivity contribution is 5.79. The van der Waals surface area contributed by atoms with Crippen molar-refractivity contribution >= 4 is 5.91 Å². The molecule has 3 rings (SSSR count). The zero-order chi connectivity index (χ0) is 19.8. The molecule has 2 aromatic carbocycles. The first-order valence-electron chi connectivity index (χ1n) is 9.22. The van der Waals surface area contributed by atoms with E-state index in [0.717, 1.165) is 24.2 Å². The molecule has 6 nitrogen and oxygen atoms in total. The number of aryl methyl sites for hydroxylation is 1. The number of carbonyl (C=O) groups is 1.